The highest BCUT2D eigenvalue weighted by molar-refractivity contribution is 5.78. The number of guanidine groups is 1. The summed E-state index contributed by atoms with van der Waals surface area (Å²) in [7, 11) is 1.63. The van der Waals surface area contributed by atoms with Crippen LogP contribution in [0.1, 0.15) is 6.92 Å². The lowest BCUT2D eigenvalue weighted by Crippen LogP contribution is -2.45. The second-order valence-electron chi connectivity index (χ2n) is 4.88. The molecule has 0 aliphatic carbocycles. The summed E-state index contributed by atoms with van der Waals surface area (Å²) in [6, 6.07) is 7.57. The number of benzene rings is 1. The number of para-hydroxylation sites is 2. The van der Waals surface area contributed by atoms with Crippen LogP contribution in [0.4, 0.5) is 0 Å². The van der Waals surface area contributed by atoms with Gasteiger partial charge < -0.3 is 24.8 Å². The van der Waals surface area contributed by atoms with E-state index in [1.807, 2.05) is 36.1 Å². The lowest BCUT2D eigenvalue weighted by atomic mass is 10.3. The molecule has 1 saturated heterocycles. The smallest absolute Gasteiger partial charge is 0.191 e. The largest absolute Gasteiger partial charge is 0.493 e. The fraction of sp³-hybridized carbons (Fsp3) is 0.533. The Labute approximate surface area is 125 Å². The Morgan fingerprint density at radius 2 is 2.00 bits per heavy atom. The molecule has 1 aromatic carbocycles. The first-order chi connectivity index (χ1) is 10.2. The Morgan fingerprint density at radius 1 is 1.33 bits per heavy atom. The van der Waals surface area contributed by atoms with Gasteiger partial charge in [-0.2, -0.15) is 0 Å². The van der Waals surface area contributed by atoms with Gasteiger partial charge in [-0.15, -0.1) is 0 Å². The van der Waals surface area contributed by atoms with Gasteiger partial charge in [0.2, 0.25) is 0 Å². The first-order valence-electron chi connectivity index (χ1n) is 7.13. The van der Waals surface area contributed by atoms with Crippen molar-refractivity contribution in [3.05, 3.63) is 24.3 Å². The van der Waals surface area contributed by atoms with Crippen molar-refractivity contribution < 1.29 is 14.2 Å². The monoisotopic (exact) mass is 293 g/mol. The number of rotatable bonds is 5. The van der Waals surface area contributed by atoms with Crippen LogP contribution in [0.3, 0.4) is 0 Å². The molecule has 0 amide bonds. The average Bonchev–Trinajstić information content (AvgIpc) is 2.54. The van der Waals surface area contributed by atoms with Crippen LogP contribution in [-0.2, 0) is 4.74 Å². The number of ether oxygens (including phenoxy) is 3. The molecule has 116 valence electrons. The summed E-state index contributed by atoms with van der Waals surface area (Å²) in [6.07, 6.45) is -0.0825. The second-order valence-corrected chi connectivity index (χ2v) is 4.88. The molecule has 0 aromatic heterocycles. The lowest BCUT2D eigenvalue weighted by Gasteiger charge is -2.27. The zero-order valence-corrected chi connectivity index (χ0v) is 12.6. The molecule has 0 radical (unpaired) electrons. The minimum Gasteiger partial charge on any atom is -0.493 e. The van der Waals surface area contributed by atoms with E-state index in [1.54, 1.807) is 7.11 Å². The van der Waals surface area contributed by atoms with Crippen molar-refractivity contribution in [1.82, 2.24) is 4.90 Å². The van der Waals surface area contributed by atoms with Crippen LogP contribution in [0.5, 0.6) is 11.5 Å². The van der Waals surface area contributed by atoms with Crippen LogP contribution in [0.25, 0.3) is 0 Å². The van der Waals surface area contributed by atoms with Crippen LogP contribution in [0.15, 0.2) is 29.3 Å². The van der Waals surface area contributed by atoms with Gasteiger partial charge in [0, 0.05) is 13.1 Å². The van der Waals surface area contributed by atoms with Gasteiger partial charge in [-0.1, -0.05) is 12.1 Å². The highest BCUT2D eigenvalue weighted by atomic mass is 16.5. The SMILES string of the molecule is COc1ccccc1OC(C)CN=C(N)N1CCOCC1. The van der Waals surface area contributed by atoms with E-state index in [-0.39, 0.29) is 6.10 Å². The number of morpholine rings is 1. The molecular formula is C15H23N3O3. The molecule has 2 N–H and O–H groups in total. The zero-order valence-electron chi connectivity index (χ0n) is 12.6. The lowest BCUT2D eigenvalue weighted by molar-refractivity contribution is 0.0673. The van der Waals surface area contributed by atoms with E-state index in [0.29, 0.717) is 31.5 Å². The van der Waals surface area contributed by atoms with Gasteiger partial charge in [0.05, 0.1) is 26.9 Å². The molecule has 6 nitrogen and oxygen atoms in total. The quantitative estimate of drug-likeness (QED) is 0.650. The number of hydrogen-bond acceptors (Lipinski definition) is 4. The van der Waals surface area contributed by atoms with Crippen LogP contribution in [0, 0.1) is 0 Å². The normalized spacial score (nSPS) is 17.4. The molecule has 0 saturated carbocycles. The van der Waals surface area contributed by atoms with Gasteiger partial charge in [-0.05, 0) is 19.1 Å². The maximum atomic E-state index is 5.99. The Balaban J connectivity index is 1.87. The standard InChI is InChI=1S/C15H23N3O3/c1-12(21-14-6-4-3-5-13(14)19-2)11-17-15(16)18-7-9-20-10-8-18/h3-6,12H,7-11H2,1-2H3,(H2,16,17). The number of methoxy groups -OCH3 is 1. The molecule has 1 heterocycles. The molecule has 0 bridgehead atoms. The first-order valence-corrected chi connectivity index (χ1v) is 7.13. The van der Waals surface area contributed by atoms with E-state index in [0.717, 1.165) is 18.8 Å². The van der Waals surface area contributed by atoms with Crippen LogP contribution >= 0.6 is 0 Å². The first kappa shape index (κ1) is 15.4. The van der Waals surface area contributed by atoms with Crippen molar-refractivity contribution in [3.63, 3.8) is 0 Å². The number of hydrogen-bond donors (Lipinski definition) is 1. The van der Waals surface area contributed by atoms with E-state index < -0.39 is 0 Å². The molecule has 1 aliphatic heterocycles. The third-order valence-corrected chi connectivity index (χ3v) is 3.24. The number of aliphatic imine (C=N–C) groups is 1. The summed E-state index contributed by atoms with van der Waals surface area (Å²) >= 11 is 0. The predicted molar refractivity (Wildman–Crippen MR) is 82.0 cm³/mol. The molecule has 1 unspecified atom stereocenters. The molecule has 1 aromatic rings. The van der Waals surface area contributed by atoms with Crippen LogP contribution in [0.2, 0.25) is 0 Å². The molecule has 2 rings (SSSR count). The van der Waals surface area contributed by atoms with Crippen LogP contribution < -0.4 is 15.2 Å². The van der Waals surface area contributed by atoms with E-state index in [1.165, 1.54) is 0 Å². The summed E-state index contributed by atoms with van der Waals surface area (Å²) in [4.78, 5) is 6.43. The average molecular weight is 293 g/mol. The van der Waals surface area contributed by atoms with Gasteiger partial charge in [-0.3, -0.25) is 0 Å². The van der Waals surface area contributed by atoms with Crippen molar-refractivity contribution in [3.8, 4) is 11.5 Å². The Kier molecular flexibility index (Phi) is 5.68. The zero-order chi connectivity index (χ0) is 15.1. The van der Waals surface area contributed by atoms with Gasteiger partial charge in [0.15, 0.2) is 17.5 Å². The fourth-order valence-corrected chi connectivity index (χ4v) is 2.08. The second kappa shape index (κ2) is 7.73. The molecule has 1 fully saturated rings. The Morgan fingerprint density at radius 3 is 2.67 bits per heavy atom. The van der Waals surface area contributed by atoms with Crippen LogP contribution in [-0.4, -0.2) is 56.9 Å². The summed E-state index contributed by atoms with van der Waals surface area (Å²) in [5, 5.41) is 0. The predicted octanol–water partition coefficient (Wildman–Crippen LogP) is 1.11. The minimum absolute atomic E-state index is 0.0825. The van der Waals surface area contributed by atoms with Gasteiger partial charge >= 0.3 is 0 Å². The number of nitrogens with zero attached hydrogens (tertiary/aromatic N) is 2. The number of nitrogens with two attached hydrogens (primary N) is 1. The maximum absolute atomic E-state index is 5.99. The summed E-state index contributed by atoms with van der Waals surface area (Å²) in [5.74, 6) is 1.98. The van der Waals surface area contributed by atoms with Crippen molar-refractivity contribution >= 4 is 5.96 Å². The van der Waals surface area contributed by atoms with Crippen molar-refractivity contribution in [2.75, 3.05) is 40.0 Å². The Bertz CT molecular complexity index is 473. The molecule has 0 spiro atoms. The van der Waals surface area contributed by atoms with Gasteiger partial charge in [0.25, 0.3) is 0 Å². The van der Waals surface area contributed by atoms with E-state index in [4.69, 9.17) is 19.9 Å². The van der Waals surface area contributed by atoms with Crippen molar-refractivity contribution in [2.24, 2.45) is 10.7 Å². The molecule has 1 atom stereocenters. The third-order valence-electron chi connectivity index (χ3n) is 3.24. The van der Waals surface area contributed by atoms with E-state index in [2.05, 4.69) is 4.99 Å². The Hall–Kier alpha value is -1.95. The third kappa shape index (κ3) is 4.53. The molecule has 21 heavy (non-hydrogen) atoms. The maximum Gasteiger partial charge on any atom is 0.191 e. The highest BCUT2D eigenvalue weighted by Crippen LogP contribution is 2.26. The highest BCUT2D eigenvalue weighted by Gasteiger charge is 2.13. The van der Waals surface area contributed by atoms with Gasteiger partial charge in [-0.25, -0.2) is 4.99 Å². The molecular weight excluding hydrogens is 270 g/mol. The fourth-order valence-electron chi connectivity index (χ4n) is 2.08. The summed E-state index contributed by atoms with van der Waals surface area (Å²) in [6.45, 7) is 5.44. The molecule has 6 heteroatoms. The van der Waals surface area contributed by atoms with E-state index in [9.17, 15) is 0 Å². The van der Waals surface area contributed by atoms with Gasteiger partial charge in [0.1, 0.15) is 6.10 Å². The van der Waals surface area contributed by atoms with E-state index >= 15 is 0 Å². The van der Waals surface area contributed by atoms with Crippen molar-refractivity contribution in [1.29, 1.82) is 0 Å². The summed E-state index contributed by atoms with van der Waals surface area (Å²) < 4.78 is 16.4. The minimum atomic E-state index is -0.0825. The van der Waals surface area contributed by atoms with Crippen molar-refractivity contribution in [2.45, 2.75) is 13.0 Å². The molecule has 1 aliphatic rings. The topological polar surface area (TPSA) is 69.3 Å². The summed E-state index contributed by atoms with van der Waals surface area (Å²) in [5.41, 5.74) is 5.99.